The van der Waals surface area contributed by atoms with Crippen LogP contribution in [0.5, 0.6) is 0 Å². The Morgan fingerprint density at radius 3 is 2.31 bits per heavy atom. The number of ether oxygens (including phenoxy) is 3. The topological polar surface area (TPSA) is 65.1 Å². The third-order valence-corrected chi connectivity index (χ3v) is 3.88. The first-order valence-corrected chi connectivity index (χ1v) is 8.58. The highest BCUT2D eigenvalue weighted by Gasteiger charge is 2.55. The van der Waals surface area contributed by atoms with Gasteiger partial charge in [-0.15, -0.1) is 0 Å². The maximum Gasteiger partial charge on any atom is 0.413 e. The fourth-order valence-corrected chi connectivity index (χ4v) is 2.93. The maximum atomic E-state index is 13.4. The average molecular weight is 367 g/mol. The number of nitrogens with zero attached hydrogens (tertiary/aromatic N) is 1. The molecule has 6 nitrogen and oxygen atoms in total. The number of esters is 1. The zero-order valence-corrected chi connectivity index (χ0v) is 16.0. The lowest BCUT2D eigenvalue weighted by atomic mass is 10.00. The molecule has 1 heterocycles. The molecule has 1 saturated heterocycles. The van der Waals surface area contributed by atoms with Crippen molar-refractivity contribution in [3.63, 3.8) is 0 Å². The predicted octanol–water partition coefficient (Wildman–Crippen LogP) is 3.80. The number of benzene rings is 1. The summed E-state index contributed by atoms with van der Waals surface area (Å²) in [6.07, 6.45) is -1.66. The molecule has 1 fully saturated rings. The molecule has 2 atom stereocenters. The molecule has 1 aromatic rings. The van der Waals surface area contributed by atoms with Crippen molar-refractivity contribution in [3.8, 4) is 0 Å². The Balaban J connectivity index is 2.48. The molecule has 0 bridgehead atoms. The summed E-state index contributed by atoms with van der Waals surface area (Å²) in [7, 11) is 0. The molecular formula is C19H26FNO5. The molecule has 7 heteroatoms. The molecule has 26 heavy (non-hydrogen) atoms. The summed E-state index contributed by atoms with van der Waals surface area (Å²) in [4.78, 5) is 26.7. The number of amides is 1. The second-order valence-electron chi connectivity index (χ2n) is 7.58. The van der Waals surface area contributed by atoms with Gasteiger partial charge in [0.1, 0.15) is 23.2 Å². The van der Waals surface area contributed by atoms with Crippen LogP contribution in [0.3, 0.4) is 0 Å². The van der Waals surface area contributed by atoms with Crippen LogP contribution >= 0.6 is 0 Å². The molecule has 144 valence electrons. The third-order valence-electron chi connectivity index (χ3n) is 3.88. The Morgan fingerprint density at radius 2 is 1.81 bits per heavy atom. The molecule has 1 aliphatic heterocycles. The van der Waals surface area contributed by atoms with E-state index in [-0.39, 0.29) is 6.61 Å². The van der Waals surface area contributed by atoms with Gasteiger partial charge in [0, 0.05) is 0 Å². The lowest BCUT2D eigenvalue weighted by molar-refractivity contribution is -0.161. The standard InChI is InChI=1S/C19H26FNO5/c1-7-24-16(22)15-14(12-8-10-13(20)11-9-12)21(19(5,6)25-15)17(23)26-18(2,3)4/h8-11,14-15H,7H2,1-6H3/t14-,15+/m0/s1. The first-order valence-electron chi connectivity index (χ1n) is 8.58. The van der Waals surface area contributed by atoms with Crippen molar-refractivity contribution >= 4 is 12.1 Å². The van der Waals surface area contributed by atoms with Crippen molar-refractivity contribution in [2.45, 2.75) is 65.0 Å². The normalized spacial score (nSPS) is 22.2. The SMILES string of the molecule is CCOC(=O)[C@@H]1OC(C)(C)N(C(=O)OC(C)(C)C)[C@H]1c1ccc(F)cc1. The summed E-state index contributed by atoms with van der Waals surface area (Å²) in [6, 6.07) is 4.80. The quantitative estimate of drug-likeness (QED) is 0.760. The first kappa shape index (κ1) is 20.2. The summed E-state index contributed by atoms with van der Waals surface area (Å²) in [5, 5.41) is 0. The average Bonchev–Trinajstić information content (AvgIpc) is 2.78. The van der Waals surface area contributed by atoms with E-state index in [1.165, 1.54) is 29.2 Å². The molecule has 0 radical (unpaired) electrons. The highest BCUT2D eigenvalue weighted by molar-refractivity contribution is 5.79. The highest BCUT2D eigenvalue weighted by atomic mass is 19.1. The minimum absolute atomic E-state index is 0.182. The van der Waals surface area contributed by atoms with Gasteiger partial charge in [0.15, 0.2) is 6.10 Å². The number of carbonyl (C=O) groups is 2. The van der Waals surface area contributed by atoms with Crippen molar-refractivity contribution in [1.82, 2.24) is 4.90 Å². The van der Waals surface area contributed by atoms with Gasteiger partial charge >= 0.3 is 12.1 Å². The van der Waals surface area contributed by atoms with Gasteiger partial charge in [0.2, 0.25) is 0 Å². The summed E-state index contributed by atoms with van der Waals surface area (Å²) < 4.78 is 29.8. The van der Waals surface area contributed by atoms with Crippen molar-refractivity contribution in [1.29, 1.82) is 0 Å². The van der Waals surface area contributed by atoms with Crippen LogP contribution in [0.25, 0.3) is 0 Å². The fourth-order valence-electron chi connectivity index (χ4n) is 2.93. The van der Waals surface area contributed by atoms with E-state index in [2.05, 4.69) is 0 Å². The number of halogens is 1. The van der Waals surface area contributed by atoms with Gasteiger partial charge in [-0.3, -0.25) is 4.90 Å². The summed E-state index contributed by atoms with van der Waals surface area (Å²) in [5.41, 5.74) is -1.28. The molecule has 0 spiro atoms. The summed E-state index contributed by atoms with van der Waals surface area (Å²) >= 11 is 0. The van der Waals surface area contributed by atoms with Crippen molar-refractivity contribution < 1.29 is 28.2 Å². The lowest BCUT2D eigenvalue weighted by Crippen LogP contribution is -2.47. The second-order valence-corrected chi connectivity index (χ2v) is 7.58. The predicted molar refractivity (Wildman–Crippen MR) is 92.8 cm³/mol. The van der Waals surface area contributed by atoms with Gasteiger partial charge in [-0.1, -0.05) is 12.1 Å². The van der Waals surface area contributed by atoms with Crippen LogP contribution in [0.15, 0.2) is 24.3 Å². The van der Waals surface area contributed by atoms with E-state index in [1.54, 1.807) is 41.5 Å². The van der Waals surface area contributed by atoms with Gasteiger partial charge < -0.3 is 14.2 Å². The molecule has 0 unspecified atom stereocenters. The largest absolute Gasteiger partial charge is 0.464 e. The molecule has 2 rings (SSSR count). The van der Waals surface area contributed by atoms with Crippen LogP contribution in [-0.4, -0.2) is 41.0 Å². The fraction of sp³-hybridized carbons (Fsp3) is 0.579. The maximum absolute atomic E-state index is 13.4. The number of carbonyl (C=O) groups excluding carboxylic acids is 2. The van der Waals surface area contributed by atoms with E-state index >= 15 is 0 Å². The zero-order chi connectivity index (χ0) is 19.7. The third kappa shape index (κ3) is 4.33. The number of hydrogen-bond donors (Lipinski definition) is 0. The smallest absolute Gasteiger partial charge is 0.413 e. The van der Waals surface area contributed by atoms with Crippen LogP contribution in [0.2, 0.25) is 0 Å². The monoisotopic (exact) mass is 367 g/mol. The van der Waals surface area contributed by atoms with Crippen LogP contribution in [0.4, 0.5) is 9.18 Å². The van der Waals surface area contributed by atoms with E-state index in [0.717, 1.165) is 0 Å². The minimum Gasteiger partial charge on any atom is -0.464 e. The molecule has 0 N–H and O–H groups in total. The molecule has 0 aliphatic carbocycles. The first-order chi connectivity index (χ1) is 12.0. The molecule has 1 aromatic carbocycles. The van der Waals surface area contributed by atoms with E-state index in [1.807, 2.05) is 0 Å². The van der Waals surface area contributed by atoms with Gasteiger partial charge in [-0.2, -0.15) is 0 Å². The van der Waals surface area contributed by atoms with Crippen molar-refractivity contribution in [2.75, 3.05) is 6.61 Å². The van der Waals surface area contributed by atoms with Crippen LogP contribution in [0.1, 0.15) is 53.1 Å². The second kappa shape index (κ2) is 7.23. The van der Waals surface area contributed by atoms with Gasteiger partial charge in [0.25, 0.3) is 0 Å². The van der Waals surface area contributed by atoms with Crippen molar-refractivity contribution in [3.05, 3.63) is 35.6 Å². The number of rotatable bonds is 3. The Hall–Kier alpha value is -2.15. The molecular weight excluding hydrogens is 341 g/mol. The van der Waals surface area contributed by atoms with E-state index in [4.69, 9.17) is 14.2 Å². The minimum atomic E-state index is -1.11. The molecule has 0 saturated carbocycles. The Kier molecular flexibility index (Phi) is 5.61. The van der Waals surface area contributed by atoms with Gasteiger partial charge in [0.05, 0.1) is 6.61 Å². The Labute approximate surface area is 153 Å². The van der Waals surface area contributed by atoms with Crippen molar-refractivity contribution in [2.24, 2.45) is 0 Å². The van der Waals surface area contributed by atoms with Gasteiger partial charge in [-0.05, 0) is 59.2 Å². The Bertz CT molecular complexity index is 666. The van der Waals surface area contributed by atoms with E-state index in [9.17, 15) is 14.0 Å². The molecule has 1 aliphatic rings. The highest BCUT2D eigenvalue weighted by Crippen LogP contribution is 2.43. The van der Waals surface area contributed by atoms with Crippen LogP contribution < -0.4 is 0 Å². The summed E-state index contributed by atoms with van der Waals surface area (Å²) in [6.45, 7) is 10.5. The molecule has 1 amide bonds. The van der Waals surface area contributed by atoms with Crippen LogP contribution in [-0.2, 0) is 19.0 Å². The zero-order valence-electron chi connectivity index (χ0n) is 16.0. The van der Waals surface area contributed by atoms with Gasteiger partial charge in [-0.25, -0.2) is 14.0 Å². The number of hydrogen-bond acceptors (Lipinski definition) is 5. The summed E-state index contributed by atoms with van der Waals surface area (Å²) in [5.74, 6) is -0.996. The molecule has 0 aromatic heterocycles. The van der Waals surface area contributed by atoms with E-state index in [0.29, 0.717) is 5.56 Å². The lowest BCUT2D eigenvalue weighted by Gasteiger charge is -2.35. The van der Waals surface area contributed by atoms with Crippen LogP contribution in [0, 0.1) is 5.82 Å². The van der Waals surface area contributed by atoms with E-state index < -0.39 is 41.4 Å². The Morgan fingerprint density at radius 1 is 1.23 bits per heavy atom.